The molecular formula is C20H24N2O5S. The fourth-order valence-electron chi connectivity index (χ4n) is 2.83. The second-order valence-corrected chi connectivity index (χ2v) is 8.48. The van der Waals surface area contributed by atoms with Crippen molar-refractivity contribution in [2.75, 3.05) is 16.3 Å². The molecule has 28 heavy (non-hydrogen) atoms. The maximum atomic E-state index is 12.5. The first-order valence-electron chi connectivity index (χ1n) is 8.64. The molecule has 0 heterocycles. The molecule has 0 saturated carbocycles. The fraction of sp³-hybridized carbons (Fsp3) is 0.300. The average Bonchev–Trinajstić information content (AvgIpc) is 2.56. The Kier molecular flexibility index (Phi) is 6.45. The summed E-state index contributed by atoms with van der Waals surface area (Å²) in [6.07, 6.45) is -0.0869. The summed E-state index contributed by atoms with van der Waals surface area (Å²) in [5.41, 5.74) is 3.70. The van der Waals surface area contributed by atoms with E-state index < -0.39 is 28.0 Å². The van der Waals surface area contributed by atoms with E-state index in [1.807, 2.05) is 32.9 Å². The number of aryl methyl sites for hydroxylation is 3. The summed E-state index contributed by atoms with van der Waals surface area (Å²) in [5.74, 6) is -1.27. The number of rotatable bonds is 6. The SMILES string of the molecule is Cc1cc(C)c(NC(=O)[C@@H](C)OC(=O)c2ccccc2NS(C)(=O)=O)c(C)c1. The number of anilines is 2. The zero-order chi connectivity index (χ0) is 21.1. The molecule has 0 aliphatic heterocycles. The summed E-state index contributed by atoms with van der Waals surface area (Å²) in [5, 5.41) is 2.79. The normalized spacial score (nSPS) is 12.2. The number of amides is 1. The lowest BCUT2D eigenvalue weighted by Gasteiger charge is -2.17. The van der Waals surface area contributed by atoms with E-state index in [9.17, 15) is 18.0 Å². The zero-order valence-corrected chi connectivity index (χ0v) is 17.3. The van der Waals surface area contributed by atoms with E-state index in [-0.39, 0.29) is 11.3 Å². The first-order chi connectivity index (χ1) is 13.0. The second kappa shape index (κ2) is 8.43. The number of para-hydroxylation sites is 1. The molecule has 150 valence electrons. The molecule has 0 unspecified atom stereocenters. The second-order valence-electron chi connectivity index (χ2n) is 6.73. The lowest BCUT2D eigenvalue weighted by Crippen LogP contribution is -2.30. The van der Waals surface area contributed by atoms with Crippen molar-refractivity contribution in [3.05, 3.63) is 58.7 Å². The molecule has 0 spiro atoms. The van der Waals surface area contributed by atoms with Gasteiger partial charge in [0.2, 0.25) is 10.0 Å². The van der Waals surface area contributed by atoms with E-state index in [0.29, 0.717) is 5.69 Å². The lowest BCUT2D eigenvalue weighted by molar-refractivity contribution is -0.123. The van der Waals surface area contributed by atoms with E-state index in [1.54, 1.807) is 12.1 Å². The minimum atomic E-state index is -3.57. The fourth-order valence-corrected chi connectivity index (χ4v) is 3.41. The minimum Gasteiger partial charge on any atom is -0.449 e. The number of hydrogen-bond donors (Lipinski definition) is 2. The van der Waals surface area contributed by atoms with Crippen LogP contribution in [0.25, 0.3) is 0 Å². The van der Waals surface area contributed by atoms with Crippen molar-refractivity contribution in [2.24, 2.45) is 0 Å². The molecule has 0 aliphatic carbocycles. The monoisotopic (exact) mass is 404 g/mol. The standard InChI is InChI=1S/C20H24N2O5S/c1-12-10-13(2)18(14(3)11-12)21-19(23)15(4)27-20(24)16-8-6-7-9-17(16)22-28(5,25)26/h6-11,15,22H,1-5H3,(H,21,23)/t15-/m1/s1. The van der Waals surface area contributed by atoms with Gasteiger partial charge in [-0.15, -0.1) is 0 Å². The van der Waals surface area contributed by atoms with Crippen LogP contribution in [0.1, 0.15) is 34.0 Å². The Hall–Kier alpha value is -2.87. The highest BCUT2D eigenvalue weighted by atomic mass is 32.2. The molecule has 1 atom stereocenters. The highest BCUT2D eigenvalue weighted by molar-refractivity contribution is 7.92. The van der Waals surface area contributed by atoms with Gasteiger partial charge < -0.3 is 10.1 Å². The summed E-state index contributed by atoms with van der Waals surface area (Å²) < 4.78 is 30.4. The molecule has 0 aromatic heterocycles. The van der Waals surface area contributed by atoms with E-state index in [2.05, 4.69) is 10.0 Å². The summed E-state index contributed by atoms with van der Waals surface area (Å²) in [6, 6.07) is 9.94. The first-order valence-corrected chi connectivity index (χ1v) is 10.5. The topological polar surface area (TPSA) is 102 Å². The zero-order valence-electron chi connectivity index (χ0n) is 16.5. The van der Waals surface area contributed by atoms with Crippen LogP contribution in [0.5, 0.6) is 0 Å². The van der Waals surface area contributed by atoms with E-state index in [0.717, 1.165) is 22.9 Å². The molecule has 0 fully saturated rings. The van der Waals surface area contributed by atoms with Gasteiger partial charge in [0.25, 0.3) is 5.91 Å². The number of sulfonamides is 1. The number of esters is 1. The van der Waals surface area contributed by atoms with Crippen LogP contribution in [0, 0.1) is 20.8 Å². The number of carbonyl (C=O) groups is 2. The van der Waals surface area contributed by atoms with Crippen molar-refractivity contribution in [2.45, 2.75) is 33.8 Å². The van der Waals surface area contributed by atoms with Gasteiger partial charge >= 0.3 is 5.97 Å². The molecule has 1 amide bonds. The molecule has 2 aromatic carbocycles. The molecule has 2 N–H and O–H groups in total. The molecular weight excluding hydrogens is 380 g/mol. The van der Waals surface area contributed by atoms with Crippen LogP contribution in [0.2, 0.25) is 0 Å². The third kappa shape index (κ3) is 5.56. The van der Waals surface area contributed by atoms with Gasteiger partial charge in [0.05, 0.1) is 17.5 Å². The van der Waals surface area contributed by atoms with Gasteiger partial charge in [-0.1, -0.05) is 29.8 Å². The van der Waals surface area contributed by atoms with E-state index in [4.69, 9.17) is 4.74 Å². The highest BCUT2D eigenvalue weighted by Crippen LogP contribution is 2.23. The van der Waals surface area contributed by atoms with Crippen molar-refractivity contribution in [3.63, 3.8) is 0 Å². The maximum absolute atomic E-state index is 12.5. The van der Waals surface area contributed by atoms with Gasteiger partial charge in [0.1, 0.15) is 0 Å². The number of hydrogen-bond acceptors (Lipinski definition) is 5. The van der Waals surface area contributed by atoms with Crippen LogP contribution >= 0.6 is 0 Å². The van der Waals surface area contributed by atoms with Crippen LogP contribution in [-0.2, 0) is 19.6 Å². The summed E-state index contributed by atoms with van der Waals surface area (Å²) >= 11 is 0. The number of carbonyl (C=O) groups excluding carboxylic acids is 2. The van der Waals surface area contributed by atoms with Gasteiger partial charge in [-0.2, -0.15) is 0 Å². The van der Waals surface area contributed by atoms with Crippen molar-refractivity contribution in [1.82, 2.24) is 0 Å². The third-order valence-corrected chi connectivity index (χ3v) is 4.61. The Morgan fingerprint density at radius 3 is 2.18 bits per heavy atom. The summed E-state index contributed by atoms with van der Waals surface area (Å²) in [4.78, 5) is 24.9. The first kappa shape index (κ1) is 21.4. The largest absolute Gasteiger partial charge is 0.449 e. The van der Waals surface area contributed by atoms with Crippen molar-refractivity contribution in [3.8, 4) is 0 Å². The van der Waals surface area contributed by atoms with Crippen LogP contribution in [0.3, 0.4) is 0 Å². The Labute approximate surface area is 165 Å². The van der Waals surface area contributed by atoms with Gasteiger partial charge in [-0.3, -0.25) is 9.52 Å². The Morgan fingerprint density at radius 1 is 1.04 bits per heavy atom. The molecule has 0 saturated heterocycles. The number of nitrogens with one attached hydrogen (secondary N) is 2. The summed E-state index contributed by atoms with van der Waals surface area (Å²) in [6.45, 7) is 7.20. The van der Waals surface area contributed by atoms with Gasteiger partial charge in [-0.25, -0.2) is 13.2 Å². The van der Waals surface area contributed by atoms with E-state index in [1.165, 1.54) is 19.1 Å². The molecule has 0 bridgehead atoms. The molecule has 7 nitrogen and oxygen atoms in total. The number of benzene rings is 2. The minimum absolute atomic E-state index is 0.0234. The van der Waals surface area contributed by atoms with Crippen molar-refractivity contribution in [1.29, 1.82) is 0 Å². The third-order valence-electron chi connectivity index (χ3n) is 4.02. The molecule has 2 aromatic rings. The quantitative estimate of drug-likeness (QED) is 0.720. The summed E-state index contributed by atoms with van der Waals surface area (Å²) in [7, 11) is -3.57. The maximum Gasteiger partial charge on any atom is 0.341 e. The van der Waals surface area contributed by atoms with Crippen LogP contribution in [-0.4, -0.2) is 32.7 Å². The van der Waals surface area contributed by atoms with Gasteiger partial charge in [0, 0.05) is 5.69 Å². The van der Waals surface area contributed by atoms with Gasteiger partial charge in [0.15, 0.2) is 6.10 Å². The predicted octanol–water partition coefficient (Wildman–Crippen LogP) is 3.17. The van der Waals surface area contributed by atoms with Crippen LogP contribution in [0.15, 0.2) is 36.4 Å². The lowest BCUT2D eigenvalue weighted by atomic mass is 10.0. The van der Waals surface area contributed by atoms with E-state index >= 15 is 0 Å². The Balaban J connectivity index is 2.14. The number of ether oxygens (including phenoxy) is 1. The highest BCUT2D eigenvalue weighted by Gasteiger charge is 2.22. The molecule has 0 radical (unpaired) electrons. The smallest absolute Gasteiger partial charge is 0.341 e. The van der Waals surface area contributed by atoms with Crippen LogP contribution < -0.4 is 10.0 Å². The van der Waals surface area contributed by atoms with Crippen LogP contribution in [0.4, 0.5) is 11.4 Å². The average molecular weight is 404 g/mol. The molecule has 0 aliphatic rings. The Morgan fingerprint density at radius 2 is 1.61 bits per heavy atom. The van der Waals surface area contributed by atoms with Gasteiger partial charge in [-0.05, 0) is 51.0 Å². The predicted molar refractivity (Wildman–Crippen MR) is 109 cm³/mol. The molecule has 8 heteroatoms. The molecule has 2 rings (SSSR count). The van der Waals surface area contributed by atoms with Crippen molar-refractivity contribution < 1.29 is 22.7 Å². The Bertz CT molecular complexity index is 992. The van der Waals surface area contributed by atoms with Crippen molar-refractivity contribution >= 4 is 33.3 Å².